The van der Waals surface area contributed by atoms with Gasteiger partial charge in [0.15, 0.2) is 17.6 Å². The average molecular weight is 473 g/mol. The molecule has 3 aromatic carbocycles. The lowest BCUT2D eigenvalue weighted by Gasteiger charge is -2.09. The Hall–Kier alpha value is -4.51. The maximum atomic E-state index is 15.8. The predicted molar refractivity (Wildman–Crippen MR) is 142 cm³/mol. The number of nitrogens with zero attached hydrogens (tertiary/aromatic N) is 3. The highest BCUT2D eigenvalue weighted by Crippen LogP contribution is 2.41. The van der Waals surface area contributed by atoms with Crippen molar-refractivity contribution in [2.75, 3.05) is 0 Å². The summed E-state index contributed by atoms with van der Waals surface area (Å²) in [7, 11) is 2.02. The molecule has 0 saturated carbocycles. The molecule has 0 unspecified atom stereocenters. The van der Waals surface area contributed by atoms with Crippen molar-refractivity contribution in [3.63, 3.8) is 0 Å². The molecule has 0 aliphatic heterocycles. The summed E-state index contributed by atoms with van der Waals surface area (Å²) in [5.74, 6) is -0.351. The van der Waals surface area contributed by atoms with Crippen LogP contribution in [0.2, 0.25) is 0 Å². The van der Waals surface area contributed by atoms with E-state index in [2.05, 4.69) is 41.8 Å². The zero-order valence-electron chi connectivity index (χ0n) is 20.2. The molecule has 0 amide bonds. The molecule has 7 aromatic rings. The molecular weight excluding hydrogens is 449 g/mol. The van der Waals surface area contributed by atoms with Crippen LogP contribution in [0.1, 0.15) is 11.3 Å². The minimum Gasteiger partial charge on any atom is -0.453 e. The third kappa shape index (κ3) is 2.80. The van der Waals surface area contributed by atoms with Crippen LogP contribution in [0.4, 0.5) is 4.39 Å². The molecule has 0 atom stereocenters. The van der Waals surface area contributed by atoms with Crippen LogP contribution in [0, 0.1) is 19.7 Å². The average Bonchev–Trinajstić information content (AvgIpc) is 3.40. The Morgan fingerprint density at radius 1 is 0.778 bits per heavy atom. The maximum Gasteiger partial charge on any atom is 0.216 e. The van der Waals surface area contributed by atoms with Crippen LogP contribution < -0.4 is 4.57 Å². The SMILES string of the molecule is Cc1ccc2c3ccccc3n(-c3c(F)ccc4c3oc3c(-c5cccc[n+]5C)c(C)ccc34)c2n1. The highest BCUT2D eigenvalue weighted by Gasteiger charge is 2.25. The number of halogens is 1. The minimum absolute atomic E-state index is 0.351. The van der Waals surface area contributed by atoms with Crippen molar-refractivity contribution in [1.82, 2.24) is 9.55 Å². The number of furan rings is 1. The van der Waals surface area contributed by atoms with E-state index in [-0.39, 0.29) is 5.82 Å². The van der Waals surface area contributed by atoms with Crippen LogP contribution in [0.5, 0.6) is 0 Å². The standard InChI is InChI=1S/C31H23FN3O/c1-18-11-13-21-22-15-16-24(32)28(30(22)36-29(21)27(18)26-10-6-7-17-34(26)3)35-25-9-5-4-8-20(25)23-14-12-19(2)33-31(23)35/h4-17H,1-3H3/q+1. The van der Waals surface area contributed by atoms with E-state index in [0.29, 0.717) is 16.9 Å². The summed E-state index contributed by atoms with van der Waals surface area (Å²) in [6, 6.07) is 25.7. The number of hydrogen-bond donors (Lipinski definition) is 0. The zero-order valence-corrected chi connectivity index (χ0v) is 20.2. The molecule has 0 bridgehead atoms. The molecular formula is C31H23FN3O+. The second-order valence-corrected chi connectivity index (χ2v) is 9.38. The highest BCUT2D eigenvalue weighted by molar-refractivity contribution is 6.14. The lowest BCUT2D eigenvalue weighted by molar-refractivity contribution is -0.660. The fraction of sp³-hybridized carbons (Fsp3) is 0.0968. The van der Waals surface area contributed by atoms with Gasteiger partial charge in [-0.15, -0.1) is 0 Å². The highest BCUT2D eigenvalue weighted by atomic mass is 19.1. The minimum atomic E-state index is -0.351. The first-order valence-corrected chi connectivity index (χ1v) is 12.0. The Kier molecular flexibility index (Phi) is 4.33. The van der Waals surface area contributed by atoms with Gasteiger partial charge in [0, 0.05) is 39.4 Å². The maximum absolute atomic E-state index is 15.8. The quantitative estimate of drug-likeness (QED) is 0.247. The van der Waals surface area contributed by atoms with Crippen molar-refractivity contribution in [3.05, 3.63) is 102 Å². The van der Waals surface area contributed by atoms with E-state index in [0.717, 1.165) is 55.2 Å². The first-order chi connectivity index (χ1) is 17.5. The Labute approximate surface area is 206 Å². The van der Waals surface area contributed by atoms with Gasteiger partial charge in [-0.3, -0.25) is 4.57 Å². The third-order valence-electron chi connectivity index (χ3n) is 7.14. The summed E-state index contributed by atoms with van der Waals surface area (Å²) >= 11 is 0. The second kappa shape index (κ2) is 7.49. The number of para-hydroxylation sites is 1. The van der Waals surface area contributed by atoms with Gasteiger partial charge in [0.05, 0.1) is 11.1 Å². The molecule has 0 saturated heterocycles. The summed E-state index contributed by atoms with van der Waals surface area (Å²) in [5, 5.41) is 3.84. The Bertz CT molecular complexity index is 2000. The van der Waals surface area contributed by atoms with E-state index in [1.807, 2.05) is 67.2 Å². The van der Waals surface area contributed by atoms with Crippen molar-refractivity contribution in [1.29, 1.82) is 0 Å². The molecule has 7 rings (SSSR count). The van der Waals surface area contributed by atoms with E-state index >= 15 is 4.39 Å². The lowest BCUT2D eigenvalue weighted by atomic mass is 10.0. The van der Waals surface area contributed by atoms with Crippen molar-refractivity contribution in [2.45, 2.75) is 13.8 Å². The third-order valence-corrected chi connectivity index (χ3v) is 7.14. The summed E-state index contributed by atoms with van der Waals surface area (Å²) in [6.07, 6.45) is 2.02. The van der Waals surface area contributed by atoms with Crippen molar-refractivity contribution in [2.24, 2.45) is 7.05 Å². The number of aromatic nitrogens is 3. The lowest BCUT2D eigenvalue weighted by Crippen LogP contribution is -2.30. The molecule has 4 nitrogen and oxygen atoms in total. The number of rotatable bonds is 2. The van der Waals surface area contributed by atoms with Gasteiger partial charge in [-0.25, -0.2) is 13.9 Å². The zero-order chi connectivity index (χ0) is 24.6. The van der Waals surface area contributed by atoms with Crippen LogP contribution in [0.25, 0.3) is 60.8 Å². The van der Waals surface area contributed by atoms with Gasteiger partial charge in [-0.1, -0.05) is 30.3 Å². The topological polar surface area (TPSA) is 34.8 Å². The molecule has 0 aliphatic rings. The molecule has 36 heavy (non-hydrogen) atoms. The van der Waals surface area contributed by atoms with E-state index in [1.54, 1.807) is 0 Å². The molecule has 5 heteroatoms. The molecule has 4 aromatic heterocycles. The van der Waals surface area contributed by atoms with Gasteiger partial charge >= 0.3 is 0 Å². The van der Waals surface area contributed by atoms with Gasteiger partial charge in [0.2, 0.25) is 5.69 Å². The molecule has 0 spiro atoms. The summed E-state index contributed by atoms with van der Waals surface area (Å²) < 4.78 is 26.4. The predicted octanol–water partition coefficient (Wildman–Crippen LogP) is 7.33. The first-order valence-electron chi connectivity index (χ1n) is 12.0. The summed E-state index contributed by atoms with van der Waals surface area (Å²) in [5.41, 5.74) is 7.28. The van der Waals surface area contributed by atoms with Crippen molar-refractivity contribution >= 4 is 43.9 Å². The Morgan fingerprint density at radius 3 is 2.39 bits per heavy atom. The monoisotopic (exact) mass is 472 g/mol. The summed E-state index contributed by atoms with van der Waals surface area (Å²) in [6.45, 7) is 4.03. The number of hydrogen-bond acceptors (Lipinski definition) is 2. The first kappa shape index (κ1) is 20.8. The Balaban J connectivity index is 1.66. The molecule has 0 radical (unpaired) electrons. The van der Waals surface area contributed by atoms with E-state index in [4.69, 9.17) is 9.40 Å². The molecule has 0 N–H and O–H groups in total. The smallest absolute Gasteiger partial charge is 0.216 e. The van der Waals surface area contributed by atoms with Gasteiger partial charge in [0.25, 0.3) is 0 Å². The van der Waals surface area contributed by atoms with Gasteiger partial charge in [-0.2, -0.15) is 0 Å². The summed E-state index contributed by atoms with van der Waals surface area (Å²) in [4.78, 5) is 4.83. The molecule has 4 heterocycles. The van der Waals surface area contributed by atoms with Gasteiger partial charge in [0.1, 0.15) is 24.0 Å². The second-order valence-electron chi connectivity index (χ2n) is 9.38. The van der Waals surface area contributed by atoms with Crippen molar-refractivity contribution < 1.29 is 13.4 Å². The number of fused-ring (bicyclic) bond motifs is 6. The molecule has 174 valence electrons. The fourth-order valence-electron chi connectivity index (χ4n) is 5.43. The van der Waals surface area contributed by atoms with Crippen LogP contribution in [0.3, 0.4) is 0 Å². The molecule has 0 fully saturated rings. The van der Waals surface area contributed by atoms with Gasteiger partial charge in [-0.05, 0) is 55.8 Å². The van der Waals surface area contributed by atoms with Crippen LogP contribution >= 0.6 is 0 Å². The van der Waals surface area contributed by atoms with Crippen LogP contribution in [-0.2, 0) is 7.05 Å². The number of aryl methyl sites for hydroxylation is 3. The van der Waals surface area contributed by atoms with Gasteiger partial charge < -0.3 is 4.42 Å². The normalized spacial score (nSPS) is 11.9. The Morgan fingerprint density at radius 2 is 1.53 bits per heavy atom. The van der Waals surface area contributed by atoms with Crippen LogP contribution in [-0.4, -0.2) is 9.55 Å². The van der Waals surface area contributed by atoms with E-state index in [9.17, 15) is 0 Å². The number of benzene rings is 3. The van der Waals surface area contributed by atoms with Crippen LogP contribution in [0.15, 0.2) is 89.5 Å². The van der Waals surface area contributed by atoms with E-state index < -0.39 is 0 Å². The number of pyridine rings is 2. The van der Waals surface area contributed by atoms with Crippen molar-refractivity contribution in [3.8, 4) is 16.9 Å². The molecule has 0 aliphatic carbocycles. The van der Waals surface area contributed by atoms with E-state index in [1.165, 1.54) is 6.07 Å². The fourth-order valence-corrected chi connectivity index (χ4v) is 5.43. The largest absolute Gasteiger partial charge is 0.453 e.